The van der Waals surface area contributed by atoms with Crippen LogP contribution in [0.1, 0.15) is 39.3 Å². The Morgan fingerprint density at radius 3 is 2.93 bits per heavy atom. The van der Waals surface area contributed by atoms with E-state index in [4.69, 9.17) is 4.74 Å². The summed E-state index contributed by atoms with van der Waals surface area (Å²) in [5.41, 5.74) is 2.05. The van der Waals surface area contributed by atoms with Crippen molar-refractivity contribution >= 4 is 28.0 Å². The van der Waals surface area contributed by atoms with E-state index in [0.29, 0.717) is 24.3 Å². The second-order valence-corrected chi connectivity index (χ2v) is 7.73. The highest BCUT2D eigenvalue weighted by molar-refractivity contribution is 7.15. The highest BCUT2D eigenvalue weighted by Gasteiger charge is 2.31. The number of ether oxygens (including phenoxy) is 1. The molecule has 1 saturated heterocycles. The van der Waals surface area contributed by atoms with E-state index in [2.05, 4.69) is 4.98 Å². The van der Waals surface area contributed by atoms with E-state index in [0.717, 1.165) is 29.1 Å². The summed E-state index contributed by atoms with van der Waals surface area (Å²) < 4.78 is 7.07. The lowest BCUT2D eigenvalue weighted by molar-refractivity contribution is 0.0632. The largest absolute Gasteiger partial charge is 0.497 e. The number of carbonyl (C=O) groups is 2. The number of rotatable bonds is 4. The molecule has 2 aromatic heterocycles. The van der Waals surface area contributed by atoms with Crippen LogP contribution in [0.2, 0.25) is 0 Å². The maximum absolute atomic E-state index is 13.0. The van der Waals surface area contributed by atoms with E-state index in [1.807, 2.05) is 41.1 Å². The first-order valence-corrected chi connectivity index (χ1v) is 9.85. The minimum absolute atomic E-state index is 0.0958. The third kappa shape index (κ3) is 3.35. The van der Waals surface area contributed by atoms with Crippen molar-refractivity contribution in [2.75, 3.05) is 20.2 Å². The SMILES string of the molecule is COc1ccc(C(=O)[C@H]2CCCN(C(=O)c3cn4ccsc4n3)C2)c(C)c1. The highest BCUT2D eigenvalue weighted by Crippen LogP contribution is 2.26. The molecule has 27 heavy (non-hydrogen) atoms. The van der Waals surface area contributed by atoms with Gasteiger partial charge in [0.25, 0.3) is 5.91 Å². The van der Waals surface area contributed by atoms with Gasteiger partial charge in [-0.2, -0.15) is 0 Å². The van der Waals surface area contributed by atoms with E-state index in [1.54, 1.807) is 18.2 Å². The lowest BCUT2D eigenvalue weighted by Crippen LogP contribution is -2.42. The molecular weight excluding hydrogens is 362 g/mol. The van der Waals surface area contributed by atoms with Crippen molar-refractivity contribution in [3.05, 3.63) is 52.8 Å². The predicted octanol–water partition coefficient (Wildman–Crippen LogP) is 3.45. The lowest BCUT2D eigenvalue weighted by Gasteiger charge is -2.31. The molecule has 1 amide bonds. The van der Waals surface area contributed by atoms with E-state index in [1.165, 1.54) is 11.3 Å². The topological polar surface area (TPSA) is 63.9 Å². The second kappa shape index (κ2) is 7.15. The zero-order valence-corrected chi connectivity index (χ0v) is 16.2. The van der Waals surface area contributed by atoms with Crippen molar-refractivity contribution in [3.63, 3.8) is 0 Å². The maximum atomic E-state index is 13.0. The summed E-state index contributed by atoms with van der Waals surface area (Å²) in [6, 6.07) is 5.50. The van der Waals surface area contributed by atoms with Crippen LogP contribution in [-0.4, -0.2) is 46.2 Å². The fourth-order valence-corrected chi connectivity index (χ4v) is 4.33. The molecule has 7 heteroatoms. The predicted molar refractivity (Wildman–Crippen MR) is 104 cm³/mol. The van der Waals surface area contributed by atoms with Crippen LogP contribution in [0.25, 0.3) is 4.96 Å². The van der Waals surface area contributed by atoms with Crippen LogP contribution in [0.3, 0.4) is 0 Å². The first kappa shape index (κ1) is 17.7. The molecule has 0 aliphatic carbocycles. The Balaban J connectivity index is 1.51. The van der Waals surface area contributed by atoms with Gasteiger partial charge in [-0.25, -0.2) is 4.98 Å². The first-order valence-electron chi connectivity index (χ1n) is 8.97. The van der Waals surface area contributed by atoms with Crippen LogP contribution in [0.4, 0.5) is 0 Å². The number of methoxy groups -OCH3 is 1. The maximum Gasteiger partial charge on any atom is 0.274 e. The van der Waals surface area contributed by atoms with Gasteiger partial charge in [0.05, 0.1) is 7.11 Å². The number of nitrogens with zero attached hydrogens (tertiary/aromatic N) is 3. The normalized spacial score (nSPS) is 17.3. The quantitative estimate of drug-likeness (QED) is 0.648. The summed E-state index contributed by atoms with van der Waals surface area (Å²) in [4.78, 5) is 32.8. The van der Waals surface area contributed by atoms with Crippen molar-refractivity contribution in [2.45, 2.75) is 19.8 Å². The van der Waals surface area contributed by atoms with Crippen LogP contribution < -0.4 is 4.74 Å². The zero-order valence-electron chi connectivity index (χ0n) is 15.3. The van der Waals surface area contributed by atoms with Crippen molar-refractivity contribution in [3.8, 4) is 5.75 Å². The van der Waals surface area contributed by atoms with Crippen molar-refractivity contribution in [1.82, 2.24) is 14.3 Å². The number of thiazole rings is 1. The van der Waals surface area contributed by atoms with Gasteiger partial charge in [-0.3, -0.25) is 14.0 Å². The average molecular weight is 383 g/mol. The molecule has 0 N–H and O–H groups in total. The molecule has 3 aromatic rings. The van der Waals surface area contributed by atoms with Crippen LogP contribution >= 0.6 is 11.3 Å². The molecule has 0 spiro atoms. The Labute approximate surface area is 161 Å². The zero-order chi connectivity index (χ0) is 19.0. The number of amides is 1. The molecule has 1 aliphatic heterocycles. The molecule has 6 nitrogen and oxygen atoms in total. The smallest absolute Gasteiger partial charge is 0.274 e. The number of Topliss-reactive ketones (excluding diaryl/α,β-unsaturated/α-hetero) is 1. The number of hydrogen-bond acceptors (Lipinski definition) is 5. The Morgan fingerprint density at radius 1 is 1.33 bits per heavy atom. The molecule has 4 rings (SSSR count). The molecule has 1 fully saturated rings. The third-order valence-corrected chi connectivity index (χ3v) is 5.86. The number of aryl methyl sites for hydroxylation is 1. The van der Waals surface area contributed by atoms with Gasteiger partial charge in [0.15, 0.2) is 10.7 Å². The lowest BCUT2D eigenvalue weighted by atomic mass is 9.88. The van der Waals surface area contributed by atoms with Crippen LogP contribution in [0.5, 0.6) is 5.75 Å². The monoisotopic (exact) mass is 383 g/mol. The molecular formula is C20H21N3O3S. The van der Waals surface area contributed by atoms with Crippen molar-refractivity contribution < 1.29 is 14.3 Å². The van der Waals surface area contributed by atoms with Crippen LogP contribution in [0, 0.1) is 12.8 Å². The number of benzene rings is 1. The van der Waals surface area contributed by atoms with Crippen LogP contribution in [0.15, 0.2) is 36.0 Å². The van der Waals surface area contributed by atoms with Crippen molar-refractivity contribution in [1.29, 1.82) is 0 Å². The van der Waals surface area contributed by atoms with Gasteiger partial charge in [0, 0.05) is 42.3 Å². The number of likely N-dealkylation sites (tertiary alicyclic amines) is 1. The number of aromatic nitrogens is 2. The molecule has 0 radical (unpaired) electrons. The fourth-order valence-electron chi connectivity index (χ4n) is 3.63. The number of piperidine rings is 1. The second-order valence-electron chi connectivity index (χ2n) is 6.85. The van der Waals surface area contributed by atoms with Gasteiger partial charge < -0.3 is 9.64 Å². The van der Waals surface area contributed by atoms with E-state index < -0.39 is 0 Å². The molecule has 1 atom stereocenters. The standard InChI is InChI=1S/C20H21N3O3S/c1-13-10-15(26-2)5-6-16(13)18(24)14-4-3-7-22(11-14)19(25)17-12-23-8-9-27-20(23)21-17/h5-6,8-10,12,14H,3-4,7,11H2,1-2H3/t14-/m0/s1. The minimum atomic E-state index is -0.182. The van der Waals surface area contributed by atoms with Gasteiger partial charge in [0.2, 0.25) is 0 Å². The van der Waals surface area contributed by atoms with Gasteiger partial charge in [-0.15, -0.1) is 11.3 Å². The van der Waals surface area contributed by atoms with E-state index in [-0.39, 0.29) is 17.6 Å². The van der Waals surface area contributed by atoms with Gasteiger partial charge in [-0.1, -0.05) is 0 Å². The van der Waals surface area contributed by atoms with Gasteiger partial charge in [-0.05, 0) is 43.5 Å². The van der Waals surface area contributed by atoms with Gasteiger partial charge >= 0.3 is 0 Å². The molecule has 0 saturated carbocycles. The Morgan fingerprint density at radius 2 is 2.19 bits per heavy atom. The molecule has 140 valence electrons. The molecule has 0 unspecified atom stereocenters. The first-order chi connectivity index (χ1) is 13.1. The number of imidazole rings is 1. The van der Waals surface area contributed by atoms with E-state index >= 15 is 0 Å². The minimum Gasteiger partial charge on any atom is -0.497 e. The number of carbonyl (C=O) groups excluding carboxylic acids is 2. The molecule has 3 heterocycles. The van der Waals surface area contributed by atoms with Crippen molar-refractivity contribution in [2.24, 2.45) is 5.92 Å². The summed E-state index contributed by atoms with van der Waals surface area (Å²) in [6.07, 6.45) is 5.26. The fraction of sp³-hybridized carbons (Fsp3) is 0.350. The van der Waals surface area contributed by atoms with E-state index in [9.17, 15) is 9.59 Å². The average Bonchev–Trinajstić information content (AvgIpc) is 3.29. The third-order valence-electron chi connectivity index (χ3n) is 5.09. The molecule has 1 aliphatic rings. The Kier molecular flexibility index (Phi) is 4.70. The Bertz CT molecular complexity index is 978. The summed E-state index contributed by atoms with van der Waals surface area (Å²) in [5.74, 6) is 0.552. The summed E-state index contributed by atoms with van der Waals surface area (Å²) >= 11 is 1.50. The highest BCUT2D eigenvalue weighted by atomic mass is 32.1. The number of hydrogen-bond donors (Lipinski definition) is 0. The Hall–Kier alpha value is -2.67. The number of ketones is 1. The molecule has 1 aromatic carbocycles. The molecule has 0 bridgehead atoms. The van der Waals surface area contributed by atoms with Gasteiger partial charge in [0.1, 0.15) is 11.4 Å². The summed E-state index contributed by atoms with van der Waals surface area (Å²) in [5, 5.41) is 1.93. The van der Waals surface area contributed by atoms with Crippen LogP contribution in [-0.2, 0) is 0 Å². The summed E-state index contributed by atoms with van der Waals surface area (Å²) in [7, 11) is 1.61. The summed E-state index contributed by atoms with van der Waals surface area (Å²) in [6.45, 7) is 3.02. The number of fused-ring (bicyclic) bond motifs is 1.